The van der Waals surface area contributed by atoms with E-state index in [1.54, 1.807) is 0 Å². The minimum Gasteiger partial charge on any atom is -0.309 e. The van der Waals surface area contributed by atoms with E-state index >= 15 is 0 Å². The van der Waals surface area contributed by atoms with E-state index in [-0.39, 0.29) is 0 Å². The van der Waals surface area contributed by atoms with Crippen LogP contribution in [0.1, 0.15) is 5.56 Å². The molecule has 0 radical (unpaired) electrons. The Labute approximate surface area is 297 Å². The van der Waals surface area contributed by atoms with Gasteiger partial charge in [-0.3, -0.25) is 4.57 Å². The van der Waals surface area contributed by atoms with Crippen molar-refractivity contribution in [2.75, 3.05) is 0 Å². The number of para-hydroxylation sites is 3. The molecule has 0 atom stereocenters. The highest BCUT2D eigenvalue weighted by atomic mass is 15.1. The Bertz CT molecular complexity index is 3270. The van der Waals surface area contributed by atoms with Crippen molar-refractivity contribution in [2.24, 2.45) is 0 Å². The molecule has 11 rings (SSSR count). The summed E-state index contributed by atoms with van der Waals surface area (Å²) in [5.74, 6) is 1.42. The van der Waals surface area contributed by atoms with Gasteiger partial charge in [0.2, 0.25) is 0 Å². The highest BCUT2D eigenvalue weighted by molar-refractivity contribution is 6.14. The van der Waals surface area contributed by atoms with Gasteiger partial charge in [0, 0.05) is 49.0 Å². The molecule has 0 saturated carbocycles. The van der Waals surface area contributed by atoms with Gasteiger partial charge in [-0.25, -0.2) is 9.97 Å². The van der Waals surface area contributed by atoms with Crippen molar-refractivity contribution in [1.29, 1.82) is 5.26 Å². The number of fused-ring (bicyclic) bond motifs is 10. The molecule has 0 aliphatic heterocycles. The molecule has 0 aliphatic rings. The van der Waals surface area contributed by atoms with Gasteiger partial charge < -0.3 is 4.57 Å². The highest BCUT2D eigenvalue weighted by Crippen LogP contribution is 2.40. The van der Waals surface area contributed by atoms with Crippen LogP contribution in [0.25, 0.3) is 99.0 Å². The zero-order chi connectivity index (χ0) is 34.3. The quantitative estimate of drug-likeness (QED) is 0.177. The predicted molar refractivity (Wildman–Crippen MR) is 213 cm³/mol. The number of nitriles is 1. The van der Waals surface area contributed by atoms with Crippen LogP contribution in [-0.2, 0) is 0 Å². The summed E-state index contributed by atoms with van der Waals surface area (Å²) >= 11 is 0. The number of aromatic nitrogens is 4. The SMILES string of the molecule is N#Cc1ccc(-c2nc(-n3c4ccccc4c4ccc(-n5c6ccccc6c6ccccc65)cc43)c3ccc4ccccc4c3n2)c2ccccc12. The molecule has 0 spiro atoms. The molecular formula is C47H27N5. The summed E-state index contributed by atoms with van der Waals surface area (Å²) in [7, 11) is 0. The first-order valence-corrected chi connectivity index (χ1v) is 17.4. The summed E-state index contributed by atoms with van der Waals surface area (Å²) in [5, 5.41) is 19.7. The first-order valence-electron chi connectivity index (χ1n) is 17.4. The molecule has 5 nitrogen and oxygen atoms in total. The molecule has 11 aromatic rings. The summed E-state index contributed by atoms with van der Waals surface area (Å²) in [6.07, 6.45) is 0. The Hall–Kier alpha value is -7.29. The Morgan fingerprint density at radius 3 is 1.67 bits per heavy atom. The van der Waals surface area contributed by atoms with E-state index in [1.807, 2.05) is 30.3 Å². The largest absolute Gasteiger partial charge is 0.309 e. The lowest BCUT2D eigenvalue weighted by atomic mass is 9.99. The average Bonchev–Trinajstić information content (AvgIpc) is 3.72. The topological polar surface area (TPSA) is 59.4 Å². The molecule has 0 unspecified atom stereocenters. The summed E-state index contributed by atoms with van der Waals surface area (Å²) in [6, 6.07) is 59.6. The van der Waals surface area contributed by atoms with Crippen molar-refractivity contribution in [2.45, 2.75) is 0 Å². The lowest BCUT2D eigenvalue weighted by Gasteiger charge is -2.15. The minimum absolute atomic E-state index is 0.615. The molecule has 8 aromatic carbocycles. The zero-order valence-corrected chi connectivity index (χ0v) is 27.8. The van der Waals surface area contributed by atoms with Crippen molar-refractivity contribution < 1.29 is 0 Å². The van der Waals surface area contributed by atoms with Crippen LogP contribution in [0, 0.1) is 11.3 Å². The third kappa shape index (κ3) is 3.98. The first-order chi connectivity index (χ1) is 25.8. The van der Waals surface area contributed by atoms with E-state index in [0.717, 1.165) is 71.3 Å². The van der Waals surface area contributed by atoms with E-state index in [1.165, 1.54) is 21.8 Å². The van der Waals surface area contributed by atoms with Gasteiger partial charge in [0.25, 0.3) is 0 Å². The number of hydrogen-bond acceptors (Lipinski definition) is 3. The van der Waals surface area contributed by atoms with Crippen LogP contribution in [0.2, 0.25) is 0 Å². The fourth-order valence-electron chi connectivity index (χ4n) is 8.26. The van der Waals surface area contributed by atoms with Crippen molar-refractivity contribution in [3.63, 3.8) is 0 Å². The molecule has 52 heavy (non-hydrogen) atoms. The molecule has 3 heterocycles. The highest BCUT2D eigenvalue weighted by Gasteiger charge is 2.21. The third-order valence-corrected chi connectivity index (χ3v) is 10.6. The molecule has 5 heteroatoms. The molecule has 0 aliphatic carbocycles. The molecule has 0 amide bonds. The summed E-state index contributed by atoms with van der Waals surface area (Å²) in [6.45, 7) is 0. The van der Waals surface area contributed by atoms with Gasteiger partial charge in [0.05, 0.1) is 39.2 Å². The Kier molecular flexibility index (Phi) is 5.96. The number of hydrogen-bond donors (Lipinski definition) is 0. The predicted octanol–water partition coefficient (Wildman–Crippen LogP) is 11.7. The molecule has 0 N–H and O–H groups in total. The Morgan fingerprint density at radius 1 is 0.423 bits per heavy atom. The van der Waals surface area contributed by atoms with Crippen LogP contribution in [-0.4, -0.2) is 19.1 Å². The van der Waals surface area contributed by atoms with E-state index in [0.29, 0.717) is 11.4 Å². The van der Waals surface area contributed by atoms with Crippen LogP contribution in [0.4, 0.5) is 0 Å². The molecule has 0 bridgehead atoms. The van der Waals surface area contributed by atoms with Crippen molar-refractivity contribution in [3.8, 4) is 29.0 Å². The second-order valence-electron chi connectivity index (χ2n) is 13.3. The molecule has 0 fully saturated rings. The monoisotopic (exact) mass is 661 g/mol. The van der Waals surface area contributed by atoms with Gasteiger partial charge in [-0.15, -0.1) is 0 Å². The second kappa shape index (κ2) is 10.9. The summed E-state index contributed by atoms with van der Waals surface area (Å²) in [5.41, 5.74) is 7.94. The number of nitrogens with zero attached hydrogens (tertiary/aromatic N) is 5. The third-order valence-electron chi connectivity index (χ3n) is 10.6. The first kappa shape index (κ1) is 28.5. The van der Waals surface area contributed by atoms with E-state index in [9.17, 15) is 5.26 Å². The molecular weight excluding hydrogens is 635 g/mol. The number of benzene rings is 8. The van der Waals surface area contributed by atoms with Crippen LogP contribution in [0.3, 0.4) is 0 Å². The fourth-order valence-corrected chi connectivity index (χ4v) is 8.26. The maximum Gasteiger partial charge on any atom is 0.162 e. The van der Waals surface area contributed by atoms with Crippen LogP contribution in [0.5, 0.6) is 0 Å². The lowest BCUT2D eigenvalue weighted by molar-refractivity contribution is 1.07. The Balaban J connectivity index is 1.28. The normalized spacial score (nSPS) is 11.8. The van der Waals surface area contributed by atoms with Gasteiger partial charge in [-0.05, 0) is 59.3 Å². The van der Waals surface area contributed by atoms with Gasteiger partial charge in [-0.2, -0.15) is 5.26 Å². The van der Waals surface area contributed by atoms with Crippen molar-refractivity contribution >= 4 is 76.1 Å². The smallest absolute Gasteiger partial charge is 0.162 e. The summed E-state index contributed by atoms with van der Waals surface area (Å²) in [4.78, 5) is 10.8. The Morgan fingerprint density at radius 2 is 0.981 bits per heavy atom. The molecule has 3 aromatic heterocycles. The average molecular weight is 662 g/mol. The fraction of sp³-hybridized carbons (Fsp3) is 0. The lowest BCUT2D eigenvalue weighted by Crippen LogP contribution is -2.04. The standard InChI is InChI=1S/C47H27N5/c48-28-30-22-24-39(34-14-4-3-12-32(30)34)46-49-45-33-13-2-1-11-29(33)21-25-40(45)47(50-46)52-43-20-10-7-17-37(43)38-26-23-31(27-44(38)52)51-41-18-8-5-15-35(41)36-16-6-9-19-42(36)51/h1-27H. The minimum atomic E-state index is 0.615. The number of rotatable bonds is 3. The van der Waals surface area contributed by atoms with Crippen LogP contribution in [0.15, 0.2) is 164 Å². The second-order valence-corrected chi connectivity index (χ2v) is 13.3. The van der Waals surface area contributed by atoms with Crippen LogP contribution >= 0.6 is 0 Å². The van der Waals surface area contributed by atoms with Gasteiger partial charge >= 0.3 is 0 Å². The van der Waals surface area contributed by atoms with Gasteiger partial charge in [0.1, 0.15) is 5.82 Å². The van der Waals surface area contributed by atoms with E-state index in [2.05, 4.69) is 149 Å². The maximum absolute atomic E-state index is 9.95. The van der Waals surface area contributed by atoms with Gasteiger partial charge in [-0.1, -0.05) is 115 Å². The zero-order valence-electron chi connectivity index (χ0n) is 27.8. The van der Waals surface area contributed by atoms with Crippen LogP contribution < -0.4 is 0 Å². The van der Waals surface area contributed by atoms with E-state index in [4.69, 9.17) is 9.97 Å². The molecule has 240 valence electrons. The molecule has 0 saturated heterocycles. The summed E-state index contributed by atoms with van der Waals surface area (Å²) < 4.78 is 4.68. The maximum atomic E-state index is 9.95. The van der Waals surface area contributed by atoms with Crippen molar-refractivity contribution in [3.05, 3.63) is 169 Å². The van der Waals surface area contributed by atoms with E-state index < -0.39 is 0 Å². The van der Waals surface area contributed by atoms with Crippen molar-refractivity contribution in [1.82, 2.24) is 19.1 Å². The van der Waals surface area contributed by atoms with Gasteiger partial charge in [0.15, 0.2) is 5.82 Å².